The van der Waals surface area contributed by atoms with Gasteiger partial charge in [0.05, 0.1) is 4.90 Å². The molecule has 0 saturated heterocycles. The zero-order chi connectivity index (χ0) is 13.6. The number of rotatable bonds is 6. The molecule has 0 radical (unpaired) electrons. The first-order valence-corrected chi connectivity index (χ1v) is 8.04. The van der Waals surface area contributed by atoms with E-state index in [4.69, 9.17) is 10.7 Å². The third-order valence-electron chi connectivity index (χ3n) is 2.42. The maximum absolute atomic E-state index is 11.2. The molecule has 1 amide bonds. The third-order valence-corrected chi connectivity index (χ3v) is 3.79. The predicted octanol–water partition coefficient (Wildman–Crippen LogP) is 2.07. The molecule has 0 fully saturated rings. The molecule has 0 unspecified atom stereocenters. The Hall–Kier alpha value is -1.07. The summed E-state index contributed by atoms with van der Waals surface area (Å²) in [4.78, 5) is 11.3. The van der Waals surface area contributed by atoms with E-state index >= 15 is 0 Å². The number of hydrogen-bond acceptors (Lipinski definition) is 3. The van der Waals surface area contributed by atoms with Gasteiger partial charge in [0.2, 0.25) is 5.91 Å². The first kappa shape index (κ1) is 15.0. The van der Waals surface area contributed by atoms with Gasteiger partial charge < -0.3 is 5.32 Å². The van der Waals surface area contributed by atoms with Gasteiger partial charge in [0.15, 0.2) is 0 Å². The molecule has 1 aromatic rings. The topological polar surface area (TPSA) is 63.2 Å². The highest BCUT2D eigenvalue weighted by Crippen LogP contribution is 2.15. The third kappa shape index (κ3) is 5.06. The fourth-order valence-electron chi connectivity index (χ4n) is 1.48. The molecule has 0 aromatic heterocycles. The Balaban J connectivity index is 2.47. The summed E-state index contributed by atoms with van der Waals surface area (Å²) >= 11 is 0. The number of carbonyl (C=O) groups excluding carboxylic acids is 1. The van der Waals surface area contributed by atoms with Crippen LogP contribution in [0.4, 0.5) is 0 Å². The second-order valence-corrected chi connectivity index (χ2v) is 6.50. The van der Waals surface area contributed by atoms with Crippen LogP contribution >= 0.6 is 10.7 Å². The molecule has 0 saturated carbocycles. The average Bonchev–Trinajstić information content (AvgIpc) is 2.29. The van der Waals surface area contributed by atoms with Crippen LogP contribution in [0.15, 0.2) is 29.2 Å². The smallest absolute Gasteiger partial charge is 0.261 e. The molecule has 0 spiro atoms. The van der Waals surface area contributed by atoms with Crippen molar-refractivity contribution in [2.75, 3.05) is 6.54 Å². The zero-order valence-corrected chi connectivity index (χ0v) is 11.7. The minimum Gasteiger partial charge on any atom is -0.356 e. The number of hydrogen-bond donors (Lipinski definition) is 1. The minimum absolute atomic E-state index is 0.0393. The van der Waals surface area contributed by atoms with Gasteiger partial charge in [-0.25, -0.2) is 8.42 Å². The summed E-state index contributed by atoms with van der Waals surface area (Å²) in [5, 5.41) is 2.79. The molecule has 1 aromatic carbocycles. The van der Waals surface area contributed by atoms with E-state index in [1.807, 2.05) is 6.92 Å². The number of nitrogens with one attached hydrogen (secondary N) is 1. The van der Waals surface area contributed by atoms with Crippen LogP contribution in [-0.4, -0.2) is 20.9 Å². The fraction of sp³-hybridized carbons (Fsp3) is 0.417. The Bertz CT molecular complexity index is 497. The van der Waals surface area contributed by atoms with Gasteiger partial charge in [0.25, 0.3) is 9.05 Å². The Morgan fingerprint density at radius 2 is 1.89 bits per heavy atom. The van der Waals surface area contributed by atoms with Gasteiger partial charge in [-0.15, -0.1) is 0 Å². The van der Waals surface area contributed by atoms with E-state index in [2.05, 4.69) is 5.32 Å². The van der Waals surface area contributed by atoms with Gasteiger partial charge in [-0.1, -0.05) is 19.1 Å². The lowest BCUT2D eigenvalue weighted by molar-refractivity contribution is -0.121. The number of halogens is 1. The van der Waals surface area contributed by atoms with Crippen LogP contribution in [0.25, 0.3) is 0 Å². The Labute approximate surface area is 112 Å². The summed E-state index contributed by atoms with van der Waals surface area (Å²) < 4.78 is 22.1. The van der Waals surface area contributed by atoms with Crippen LogP contribution in [0, 0.1) is 0 Å². The highest BCUT2D eigenvalue weighted by Gasteiger charge is 2.08. The van der Waals surface area contributed by atoms with Crippen molar-refractivity contribution in [3.63, 3.8) is 0 Å². The molecular weight excluding hydrogens is 274 g/mol. The molecule has 100 valence electrons. The van der Waals surface area contributed by atoms with Crippen LogP contribution < -0.4 is 5.32 Å². The molecule has 18 heavy (non-hydrogen) atoms. The summed E-state index contributed by atoms with van der Waals surface area (Å²) in [7, 11) is 1.55. The Morgan fingerprint density at radius 1 is 1.28 bits per heavy atom. The molecule has 4 nitrogen and oxygen atoms in total. The van der Waals surface area contributed by atoms with Crippen molar-refractivity contribution in [2.24, 2.45) is 0 Å². The Morgan fingerprint density at radius 3 is 2.39 bits per heavy atom. The van der Waals surface area contributed by atoms with Crippen molar-refractivity contribution in [1.29, 1.82) is 0 Å². The van der Waals surface area contributed by atoms with Crippen LogP contribution in [0.3, 0.4) is 0 Å². The van der Waals surface area contributed by atoms with Crippen LogP contribution in [0.2, 0.25) is 0 Å². The van der Waals surface area contributed by atoms with E-state index in [0.29, 0.717) is 19.4 Å². The van der Waals surface area contributed by atoms with Gasteiger partial charge >= 0.3 is 0 Å². The quantitative estimate of drug-likeness (QED) is 0.816. The van der Waals surface area contributed by atoms with Gasteiger partial charge in [-0.2, -0.15) is 0 Å². The maximum Gasteiger partial charge on any atom is 0.261 e. The largest absolute Gasteiger partial charge is 0.356 e. The van der Waals surface area contributed by atoms with E-state index in [9.17, 15) is 13.2 Å². The van der Waals surface area contributed by atoms with Gasteiger partial charge in [-0.05, 0) is 30.5 Å². The summed E-state index contributed by atoms with van der Waals surface area (Å²) in [6, 6.07) is 6.32. The van der Waals surface area contributed by atoms with Crippen molar-refractivity contribution in [1.82, 2.24) is 5.32 Å². The zero-order valence-electron chi connectivity index (χ0n) is 10.1. The summed E-state index contributed by atoms with van der Waals surface area (Å²) in [6.07, 6.45) is 2.02. The monoisotopic (exact) mass is 289 g/mol. The second-order valence-electron chi connectivity index (χ2n) is 3.93. The molecule has 0 bridgehead atoms. The summed E-state index contributed by atoms with van der Waals surface area (Å²) in [5.74, 6) is 0.0393. The first-order chi connectivity index (χ1) is 8.43. The van der Waals surface area contributed by atoms with Crippen LogP contribution in [-0.2, 0) is 20.3 Å². The lowest BCUT2D eigenvalue weighted by atomic mass is 10.1. The van der Waals surface area contributed by atoms with Crippen molar-refractivity contribution in [3.8, 4) is 0 Å². The van der Waals surface area contributed by atoms with E-state index in [0.717, 1.165) is 12.0 Å². The SMILES string of the molecule is CCCC(=O)NCCc1ccc(S(=O)(=O)Cl)cc1. The lowest BCUT2D eigenvalue weighted by Gasteiger charge is -2.05. The van der Waals surface area contributed by atoms with Crippen LogP contribution in [0.1, 0.15) is 25.3 Å². The van der Waals surface area contributed by atoms with E-state index < -0.39 is 9.05 Å². The predicted molar refractivity (Wildman–Crippen MR) is 71.1 cm³/mol. The standard InChI is InChI=1S/C12H16ClNO3S/c1-2-3-12(15)14-9-8-10-4-6-11(7-5-10)18(13,16)17/h4-7H,2-3,8-9H2,1H3,(H,14,15). The molecule has 6 heteroatoms. The minimum atomic E-state index is -3.66. The van der Waals surface area contributed by atoms with Crippen molar-refractivity contribution >= 4 is 25.6 Å². The molecular formula is C12H16ClNO3S. The van der Waals surface area contributed by atoms with Crippen molar-refractivity contribution in [2.45, 2.75) is 31.1 Å². The molecule has 0 aliphatic carbocycles. The van der Waals surface area contributed by atoms with Crippen LogP contribution in [0.5, 0.6) is 0 Å². The number of amides is 1. The van der Waals surface area contributed by atoms with Gasteiger partial charge in [0, 0.05) is 23.6 Å². The maximum atomic E-state index is 11.2. The normalized spacial score (nSPS) is 11.2. The first-order valence-electron chi connectivity index (χ1n) is 5.74. The Kier molecular flexibility index (Phi) is 5.62. The van der Waals surface area contributed by atoms with Gasteiger partial charge in [0.1, 0.15) is 0 Å². The molecule has 0 atom stereocenters. The highest BCUT2D eigenvalue weighted by atomic mass is 35.7. The molecule has 0 aliphatic rings. The number of benzene rings is 1. The average molecular weight is 290 g/mol. The molecule has 1 N–H and O–H groups in total. The molecule has 0 aliphatic heterocycles. The highest BCUT2D eigenvalue weighted by molar-refractivity contribution is 8.13. The van der Waals surface area contributed by atoms with Crippen molar-refractivity contribution < 1.29 is 13.2 Å². The molecule has 1 rings (SSSR count). The lowest BCUT2D eigenvalue weighted by Crippen LogP contribution is -2.25. The van der Waals surface area contributed by atoms with E-state index in [1.54, 1.807) is 12.1 Å². The second kappa shape index (κ2) is 6.75. The van der Waals surface area contributed by atoms with Gasteiger partial charge in [-0.3, -0.25) is 4.79 Å². The molecule has 0 heterocycles. The number of carbonyl (C=O) groups is 1. The van der Waals surface area contributed by atoms with E-state index in [-0.39, 0.29) is 10.8 Å². The fourth-order valence-corrected chi connectivity index (χ4v) is 2.25. The summed E-state index contributed by atoms with van der Waals surface area (Å²) in [6.45, 7) is 2.50. The summed E-state index contributed by atoms with van der Waals surface area (Å²) in [5.41, 5.74) is 0.955. The van der Waals surface area contributed by atoms with Crippen molar-refractivity contribution in [3.05, 3.63) is 29.8 Å². The van der Waals surface area contributed by atoms with E-state index in [1.165, 1.54) is 12.1 Å².